The Morgan fingerprint density at radius 3 is 2.34 bits per heavy atom. The minimum Gasteiger partial charge on any atom is -0.337 e. The number of hydrogen-bond acceptors (Lipinski definition) is 3. The van der Waals surface area contributed by atoms with Gasteiger partial charge in [0.1, 0.15) is 0 Å². The molecule has 0 radical (unpaired) electrons. The van der Waals surface area contributed by atoms with Crippen LogP contribution in [0.1, 0.15) is 0 Å². The van der Waals surface area contributed by atoms with E-state index in [4.69, 9.17) is 0 Å². The van der Waals surface area contributed by atoms with Gasteiger partial charge >= 0.3 is 0 Å². The summed E-state index contributed by atoms with van der Waals surface area (Å²) in [7, 11) is -3.52. The van der Waals surface area contributed by atoms with Gasteiger partial charge in [0.2, 0.25) is 16.4 Å². The number of piperazine rings is 1. The SMILES string of the molecule is C=Cn1c[n+](CC(=O)N2CCN(S(=O)(=O)c3ccccc3)CC2)c2ccccc21. The number of carbonyl (C=O) groups is 1. The number of rotatable bonds is 5. The Hall–Kier alpha value is -2.97. The second-order valence-corrected chi connectivity index (χ2v) is 8.86. The molecule has 3 aromatic rings. The van der Waals surface area contributed by atoms with Crippen molar-refractivity contribution >= 4 is 33.2 Å². The second-order valence-electron chi connectivity index (χ2n) is 6.92. The third-order valence-corrected chi connectivity index (χ3v) is 7.12. The highest BCUT2D eigenvalue weighted by atomic mass is 32.2. The minimum atomic E-state index is -3.52. The first-order valence-electron chi connectivity index (χ1n) is 9.45. The van der Waals surface area contributed by atoms with Crippen molar-refractivity contribution in [3.8, 4) is 0 Å². The summed E-state index contributed by atoms with van der Waals surface area (Å²) in [5.41, 5.74) is 1.93. The highest BCUT2D eigenvalue weighted by Crippen LogP contribution is 2.17. The maximum atomic E-state index is 12.8. The largest absolute Gasteiger partial charge is 0.337 e. The molecule has 1 saturated heterocycles. The fourth-order valence-corrected chi connectivity index (χ4v) is 5.08. The smallest absolute Gasteiger partial charge is 0.264 e. The summed E-state index contributed by atoms with van der Waals surface area (Å²) >= 11 is 0. The van der Waals surface area contributed by atoms with E-state index >= 15 is 0 Å². The maximum absolute atomic E-state index is 12.8. The van der Waals surface area contributed by atoms with Crippen molar-refractivity contribution in [3.05, 3.63) is 67.5 Å². The van der Waals surface area contributed by atoms with Crippen LogP contribution < -0.4 is 4.57 Å². The molecule has 0 atom stereocenters. The van der Waals surface area contributed by atoms with Crippen LogP contribution in [0.4, 0.5) is 0 Å². The molecule has 0 bridgehead atoms. The highest BCUT2D eigenvalue weighted by Gasteiger charge is 2.30. The number of fused-ring (bicyclic) bond motifs is 1. The van der Waals surface area contributed by atoms with E-state index in [2.05, 4.69) is 6.58 Å². The first kappa shape index (κ1) is 19.4. The summed E-state index contributed by atoms with van der Waals surface area (Å²) in [6.07, 6.45) is 3.56. The third kappa shape index (κ3) is 3.68. The van der Waals surface area contributed by atoms with Crippen LogP contribution in [0.5, 0.6) is 0 Å². The van der Waals surface area contributed by atoms with Gasteiger partial charge in [-0.2, -0.15) is 4.31 Å². The lowest BCUT2D eigenvalue weighted by atomic mass is 10.3. The molecule has 0 N–H and O–H groups in total. The van der Waals surface area contributed by atoms with E-state index < -0.39 is 10.0 Å². The molecule has 8 heteroatoms. The molecule has 0 saturated carbocycles. The summed E-state index contributed by atoms with van der Waals surface area (Å²) < 4.78 is 30.7. The Kier molecular flexibility index (Phi) is 5.21. The van der Waals surface area contributed by atoms with E-state index in [0.717, 1.165) is 11.0 Å². The molecule has 4 rings (SSSR count). The molecule has 1 aliphatic rings. The molecule has 2 aromatic carbocycles. The van der Waals surface area contributed by atoms with Gasteiger partial charge in [-0.15, -0.1) is 0 Å². The Morgan fingerprint density at radius 2 is 1.66 bits per heavy atom. The quantitative estimate of drug-likeness (QED) is 0.599. The standard InChI is InChI=1S/C21H23N4O3S/c1-2-22-17-24(20-11-7-6-10-19(20)22)16-21(26)23-12-14-25(15-13-23)29(27,28)18-8-4-3-5-9-18/h2-11,17H,1,12-16H2/q+1. The summed E-state index contributed by atoms with van der Waals surface area (Å²) in [5, 5.41) is 0. The molecule has 0 unspecified atom stereocenters. The number of nitrogens with zero attached hydrogens (tertiary/aromatic N) is 4. The molecular weight excluding hydrogens is 388 g/mol. The van der Waals surface area contributed by atoms with Gasteiger partial charge in [0.05, 0.1) is 11.1 Å². The summed E-state index contributed by atoms with van der Waals surface area (Å²) in [4.78, 5) is 14.8. The van der Waals surface area contributed by atoms with Gasteiger partial charge in [-0.05, 0) is 24.3 Å². The van der Waals surface area contributed by atoms with Crippen LogP contribution in [0.2, 0.25) is 0 Å². The van der Waals surface area contributed by atoms with Gasteiger partial charge in [0.15, 0.2) is 17.6 Å². The molecule has 1 aromatic heterocycles. The molecule has 150 valence electrons. The fourth-order valence-electron chi connectivity index (χ4n) is 3.64. The lowest BCUT2D eigenvalue weighted by Crippen LogP contribution is -2.53. The number of para-hydroxylation sites is 2. The van der Waals surface area contributed by atoms with Gasteiger partial charge in [0, 0.05) is 26.2 Å². The topological polar surface area (TPSA) is 66.5 Å². The molecule has 0 aliphatic carbocycles. The van der Waals surface area contributed by atoms with Crippen LogP contribution in [-0.2, 0) is 21.4 Å². The van der Waals surface area contributed by atoms with Crippen molar-refractivity contribution in [2.75, 3.05) is 26.2 Å². The fraction of sp³-hybridized carbons (Fsp3) is 0.238. The second kappa shape index (κ2) is 7.81. The van der Waals surface area contributed by atoms with Gasteiger partial charge in [-0.1, -0.05) is 36.9 Å². The number of aromatic nitrogens is 2. The summed E-state index contributed by atoms with van der Waals surface area (Å²) in [5.74, 6) is -0.0290. The molecular formula is C21H23N4O3S+. The van der Waals surface area contributed by atoms with Crippen molar-refractivity contribution in [3.63, 3.8) is 0 Å². The van der Waals surface area contributed by atoms with Crippen LogP contribution in [0.15, 0.2) is 72.4 Å². The minimum absolute atomic E-state index is 0.0290. The number of amides is 1. The molecule has 1 aliphatic heterocycles. The zero-order valence-electron chi connectivity index (χ0n) is 16.0. The molecule has 0 spiro atoms. The average Bonchev–Trinajstić information content (AvgIpc) is 3.12. The van der Waals surface area contributed by atoms with Gasteiger partial charge < -0.3 is 4.90 Å². The highest BCUT2D eigenvalue weighted by molar-refractivity contribution is 7.89. The van der Waals surface area contributed by atoms with E-state index in [1.807, 2.05) is 39.7 Å². The Bertz CT molecular complexity index is 1150. The molecule has 29 heavy (non-hydrogen) atoms. The van der Waals surface area contributed by atoms with Gasteiger partial charge in [-0.3, -0.25) is 4.79 Å². The monoisotopic (exact) mass is 411 g/mol. The Morgan fingerprint density at radius 1 is 1.00 bits per heavy atom. The van der Waals surface area contributed by atoms with Crippen molar-refractivity contribution < 1.29 is 17.8 Å². The normalized spacial score (nSPS) is 15.5. The van der Waals surface area contributed by atoms with Crippen LogP contribution in [0.25, 0.3) is 17.2 Å². The molecule has 1 fully saturated rings. The van der Waals surface area contributed by atoms with Crippen LogP contribution in [0.3, 0.4) is 0 Å². The maximum Gasteiger partial charge on any atom is 0.264 e. The van der Waals surface area contributed by atoms with E-state index in [0.29, 0.717) is 26.2 Å². The van der Waals surface area contributed by atoms with Gasteiger partial charge in [0.25, 0.3) is 5.91 Å². The first-order chi connectivity index (χ1) is 14.0. The summed E-state index contributed by atoms with van der Waals surface area (Å²) in [6, 6.07) is 16.2. The number of carbonyl (C=O) groups excluding carboxylic acids is 1. The number of benzene rings is 2. The number of imidazole rings is 1. The lowest BCUT2D eigenvalue weighted by Gasteiger charge is -2.33. The van der Waals surface area contributed by atoms with Crippen molar-refractivity contribution in [2.45, 2.75) is 11.4 Å². The Labute approximate surface area is 170 Å². The zero-order chi connectivity index (χ0) is 20.4. The van der Waals surface area contributed by atoms with E-state index in [1.54, 1.807) is 41.4 Å². The van der Waals surface area contributed by atoms with E-state index in [-0.39, 0.29) is 17.3 Å². The van der Waals surface area contributed by atoms with Crippen molar-refractivity contribution in [2.24, 2.45) is 0 Å². The first-order valence-corrected chi connectivity index (χ1v) is 10.9. The van der Waals surface area contributed by atoms with Crippen LogP contribution in [-0.4, -0.2) is 54.3 Å². The van der Waals surface area contributed by atoms with E-state index in [9.17, 15) is 13.2 Å². The van der Waals surface area contributed by atoms with Crippen LogP contribution >= 0.6 is 0 Å². The van der Waals surface area contributed by atoms with E-state index in [1.165, 1.54) is 4.31 Å². The lowest BCUT2D eigenvalue weighted by molar-refractivity contribution is -0.659. The average molecular weight is 412 g/mol. The Balaban J connectivity index is 1.44. The number of sulfonamides is 1. The van der Waals surface area contributed by atoms with Crippen LogP contribution in [0, 0.1) is 0 Å². The van der Waals surface area contributed by atoms with Crippen molar-refractivity contribution in [1.82, 2.24) is 13.8 Å². The van der Waals surface area contributed by atoms with Gasteiger partial charge in [-0.25, -0.2) is 17.6 Å². The predicted octanol–water partition coefficient (Wildman–Crippen LogP) is 1.56. The third-order valence-electron chi connectivity index (χ3n) is 5.21. The molecule has 1 amide bonds. The predicted molar refractivity (Wildman–Crippen MR) is 110 cm³/mol. The zero-order valence-corrected chi connectivity index (χ0v) is 16.8. The molecule has 7 nitrogen and oxygen atoms in total. The molecule has 2 heterocycles. The summed E-state index contributed by atoms with van der Waals surface area (Å²) in [6.45, 7) is 5.36. The van der Waals surface area contributed by atoms with Crippen molar-refractivity contribution in [1.29, 1.82) is 0 Å². The number of hydrogen-bond donors (Lipinski definition) is 0.